The zero-order chi connectivity index (χ0) is 23.1. The second-order valence-corrected chi connectivity index (χ2v) is 8.89. The van der Waals surface area contributed by atoms with Crippen molar-refractivity contribution in [2.75, 3.05) is 0 Å². The lowest BCUT2D eigenvalue weighted by Gasteiger charge is -2.21. The van der Waals surface area contributed by atoms with Crippen LogP contribution < -0.4 is 0 Å². The highest BCUT2D eigenvalue weighted by atomic mass is 16.6. The van der Waals surface area contributed by atoms with E-state index in [0.717, 1.165) is 16.7 Å². The minimum absolute atomic E-state index is 0.174. The molecule has 0 unspecified atom stereocenters. The zero-order valence-corrected chi connectivity index (χ0v) is 18.8. The predicted octanol–water partition coefficient (Wildman–Crippen LogP) is 6.61. The van der Waals surface area contributed by atoms with Gasteiger partial charge in [-0.3, -0.25) is 0 Å². The Labute approximate surface area is 179 Å². The van der Waals surface area contributed by atoms with Crippen LogP contribution in [0.5, 0.6) is 0 Å². The number of carboxylic acids is 1. The molecule has 0 aromatic heterocycles. The molecule has 0 saturated carbocycles. The SMILES string of the molecule is C=Cc1ccc(C(=O)O)c(C(C)(C)C)c1.C=Cc1ccc(C(=O)OC(C)(C)C)cc1. The third-order valence-corrected chi connectivity index (χ3v) is 4.10. The first kappa shape index (κ1) is 24.9. The Morgan fingerprint density at radius 3 is 1.77 bits per heavy atom. The quantitative estimate of drug-likeness (QED) is 0.578. The number of hydrogen-bond acceptors (Lipinski definition) is 3. The van der Waals surface area contributed by atoms with Gasteiger partial charge in [0.15, 0.2) is 0 Å². The van der Waals surface area contributed by atoms with E-state index in [9.17, 15) is 9.59 Å². The lowest BCUT2D eigenvalue weighted by atomic mass is 9.83. The zero-order valence-electron chi connectivity index (χ0n) is 18.8. The van der Waals surface area contributed by atoms with Crippen LogP contribution in [0.25, 0.3) is 12.2 Å². The van der Waals surface area contributed by atoms with Crippen molar-refractivity contribution in [3.8, 4) is 0 Å². The third-order valence-electron chi connectivity index (χ3n) is 4.10. The molecule has 0 fully saturated rings. The Balaban J connectivity index is 0.000000300. The predicted molar refractivity (Wildman–Crippen MR) is 124 cm³/mol. The van der Waals surface area contributed by atoms with Gasteiger partial charge in [-0.2, -0.15) is 0 Å². The molecule has 0 aliphatic rings. The lowest BCUT2D eigenvalue weighted by molar-refractivity contribution is 0.00693. The molecular formula is C26H32O4. The van der Waals surface area contributed by atoms with Gasteiger partial charge in [0.1, 0.15) is 5.60 Å². The molecule has 2 aromatic rings. The Hall–Kier alpha value is -3.14. The second-order valence-electron chi connectivity index (χ2n) is 8.89. The van der Waals surface area contributed by atoms with Crippen LogP contribution in [0.4, 0.5) is 0 Å². The van der Waals surface area contributed by atoms with E-state index in [0.29, 0.717) is 11.1 Å². The molecule has 2 rings (SSSR count). The second kappa shape index (κ2) is 10.1. The summed E-state index contributed by atoms with van der Waals surface area (Å²) >= 11 is 0. The molecule has 0 bridgehead atoms. The fourth-order valence-electron chi connectivity index (χ4n) is 2.59. The van der Waals surface area contributed by atoms with Gasteiger partial charge >= 0.3 is 11.9 Å². The first-order valence-electron chi connectivity index (χ1n) is 9.74. The van der Waals surface area contributed by atoms with Gasteiger partial charge in [-0.05, 0) is 61.1 Å². The molecule has 2 aromatic carbocycles. The van der Waals surface area contributed by atoms with Gasteiger partial charge in [-0.1, -0.05) is 70.3 Å². The van der Waals surface area contributed by atoms with Gasteiger partial charge in [0.25, 0.3) is 0 Å². The maximum absolute atomic E-state index is 11.6. The van der Waals surface area contributed by atoms with Gasteiger partial charge in [0, 0.05) is 0 Å². The summed E-state index contributed by atoms with van der Waals surface area (Å²) in [4.78, 5) is 22.7. The molecule has 0 amide bonds. The summed E-state index contributed by atoms with van der Waals surface area (Å²) in [6, 6.07) is 12.5. The smallest absolute Gasteiger partial charge is 0.338 e. The van der Waals surface area contributed by atoms with Gasteiger partial charge in [-0.25, -0.2) is 9.59 Å². The van der Waals surface area contributed by atoms with Crippen LogP contribution >= 0.6 is 0 Å². The van der Waals surface area contributed by atoms with Crippen molar-refractivity contribution < 1.29 is 19.4 Å². The number of carbonyl (C=O) groups excluding carboxylic acids is 1. The fraction of sp³-hybridized carbons (Fsp3) is 0.308. The molecule has 0 spiro atoms. The maximum Gasteiger partial charge on any atom is 0.338 e. The van der Waals surface area contributed by atoms with Crippen molar-refractivity contribution in [3.05, 3.63) is 83.4 Å². The maximum atomic E-state index is 11.6. The summed E-state index contributed by atoms with van der Waals surface area (Å²) in [7, 11) is 0. The summed E-state index contributed by atoms with van der Waals surface area (Å²) in [6.45, 7) is 18.9. The highest BCUT2D eigenvalue weighted by Crippen LogP contribution is 2.27. The van der Waals surface area contributed by atoms with Crippen LogP contribution in [0.15, 0.2) is 55.6 Å². The number of hydrogen-bond donors (Lipinski definition) is 1. The molecule has 0 radical (unpaired) electrons. The van der Waals surface area contributed by atoms with Crippen LogP contribution in [0.3, 0.4) is 0 Å². The van der Waals surface area contributed by atoms with Gasteiger partial charge in [-0.15, -0.1) is 0 Å². The van der Waals surface area contributed by atoms with E-state index in [-0.39, 0.29) is 11.4 Å². The van der Waals surface area contributed by atoms with E-state index in [1.54, 1.807) is 36.4 Å². The van der Waals surface area contributed by atoms with Crippen LogP contribution in [-0.4, -0.2) is 22.6 Å². The van der Waals surface area contributed by atoms with E-state index in [4.69, 9.17) is 9.84 Å². The van der Waals surface area contributed by atoms with Gasteiger partial charge < -0.3 is 9.84 Å². The minimum Gasteiger partial charge on any atom is -0.478 e. The fourth-order valence-corrected chi connectivity index (χ4v) is 2.59. The van der Waals surface area contributed by atoms with Crippen LogP contribution in [0.2, 0.25) is 0 Å². The number of aromatic carboxylic acids is 1. The Morgan fingerprint density at radius 2 is 1.37 bits per heavy atom. The molecule has 0 heterocycles. The average molecular weight is 409 g/mol. The van der Waals surface area contributed by atoms with Crippen LogP contribution in [-0.2, 0) is 10.2 Å². The number of benzene rings is 2. The van der Waals surface area contributed by atoms with E-state index in [1.807, 2.05) is 59.7 Å². The van der Waals surface area contributed by atoms with E-state index in [1.165, 1.54) is 0 Å². The van der Waals surface area contributed by atoms with Crippen molar-refractivity contribution in [3.63, 3.8) is 0 Å². The van der Waals surface area contributed by atoms with Crippen LogP contribution in [0, 0.1) is 0 Å². The molecule has 0 saturated heterocycles. The standard InChI is InChI=1S/2C13H16O2/c1-5-10-6-8-11(9-7-10)12(14)15-13(2,3)4;1-5-9-6-7-10(12(14)15)11(8-9)13(2,3)4/h5-9H,1H2,2-4H3;5-8H,1H2,2-4H3,(H,14,15). The number of carboxylic acid groups (broad SMARTS) is 1. The molecule has 4 nitrogen and oxygen atoms in total. The van der Waals surface area contributed by atoms with Gasteiger partial charge in [0.2, 0.25) is 0 Å². The number of esters is 1. The third kappa shape index (κ3) is 7.70. The highest BCUT2D eigenvalue weighted by molar-refractivity contribution is 5.90. The number of rotatable bonds is 4. The molecule has 30 heavy (non-hydrogen) atoms. The first-order valence-corrected chi connectivity index (χ1v) is 9.74. The van der Waals surface area contributed by atoms with E-state index < -0.39 is 11.6 Å². The minimum atomic E-state index is -0.879. The Morgan fingerprint density at radius 1 is 0.867 bits per heavy atom. The van der Waals surface area contributed by atoms with Gasteiger partial charge in [0.05, 0.1) is 11.1 Å². The molecule has 0 aliphatic carbocycles. The molecule has 4 heteroatoms. The number of carbonyl (C=O) groups is 2. The first-order chi connectivity index (χ1) is 13.8. The summed E-state index contributed by atoms with van der Waals surface area (Å²) in [6.07, 6.45) is 3.46. The Kier molecular flexibility index (Phi) is 8.35. The number of ether oxygens (including phenoxy) is 1. The summed E-state index contributed by atoms with van der Waals surface area (Å²) in [5.41, 5.74) is 3.09. The van der Waals surface area contributed by atoms with Crippen molar-refractivity contribution in [2.24, 2.45) is 0 Å². The summed E-state index contributed by atoms with van der Waals surface area (Å²) in [5.74, 6) is -1.17. The molecule has 0 atom stereocenters. The topological polar surface area (TPSA) is 63.6 Å². The normalized spacial score (nSPS) is 11.0. The van der Waals surface area contributed by atoms with Crippen molar-refractivity contribution in [2.45, 2.75) is 52.6 Å². The monoisotopic (exact) mass is 408 g/mol. The lowest BCUT2D eigenvalue weighted by Crippen LogP contribution is -2.23. The van der Waals surface area contributed by atoms with Crippen LogP contribution in [0.1, 0.15) is 78.9 Å². The highest BCUT2D eigenvalue weighted by Gasteiger charge is 2.21. The van der Waals surface area contributed by atoms with E-state index >= 15 is 0 Å². The summed E-state index contributed by atoms with van der Waals surface area (Å²) < 4.78 is 5.23. The summed E-state index contributed by atoms with van der Waals surface area (Å²) in [5, 5.41) is 9.07. The molecule has 1 N–H and O–H groups in total. The van der Waals surface area contributed by atoms with E-state index in [2.05, 4.69) is 13.2 Å². The molecular weight excluding hydrogens is 376 g/mol. The largest absolute Gasteiger partial charge is 0.478 e. The van der Waals surface area contributed by atoms with Crippen molar-refractivity contribution in [1.82, 2.24) is 0 Å². The molecule has 0 aliphatic heterocycles. The molecule has 160 valence electrons. The average Bonchev–Trinajstić information content (AvgIpc) is 2.66. The Bertz CT molecular complexity index is 908. The van der Waals surface area contributed by atoms with Crippen molar-refractivity contribution >= 4 is 24.1 Å². The van der Waals surface area contributed by atoms with Crippen molar-refractivity contribution in [1.29, 1.82) is 0 Å².